The normalized spacial score (nSPS) is 12.7. The highest BCUT2D eigenvalue weighted by Gasteiger charge is 2.11. The molecule has 0 aromatic heterocycles. The Labute approximate surface area is 144 Å². The summed E-state index contributed by atoms with van der Waals surface area (Å²) >= 11 is 0. The second-order valence-corrected chi connectivity index (χ2v) is 5.36. The van der Waals surface area contributed by atoms with Crippen molar-refractivity contribution in [1.29, 1.82) is 0 Å². The number of nitrogens with one attached hydrogen (secondary N) is 2. The average molecular weight is 339 g/mol. The van der Waals surface area contributed by atoms with Crippen LogP contribution in [0.3, 0.4) is 0 Å². The number of benzene rings is 2. The van der Waals surface area contributed by atoms with Crippen molar-refractivity contribution in [3.63, 3.8) is 0 Å². The van der Waals surface area contributed by atoms with Crippen molar-refractivity contribution in [2.24, 2.45) is 5.10 Å². The van der Waals surface area contributed by atoms with Crippen LogP contribution in [0.25, 0.3) is 0 Å². The molecule has 0 saturated carbocycles. The molecule has 1 aliphatic rings. The number of hydrazone groups is 1. The first-order chi connectivity index (χ1) is 12.1. The summed E-state index contributed by atoms with van der Waals surface area (Å²) < 4.78 is 10.9. The molecule has 128 valence electrons. The smallest absolute Gasteiger partial charge is 0.271 e. The molecule has 7 heteroatoms. The van der Waals surface area contributed by atoms with Crippen LogP contribution in [0, 0.1) is 0 Å². The van der Waals surface area contributed by atoms with Crippen LogP contribution in [0.5, 0.6) is 11.5 Å². The van der Waals surface area contributed by atoms with Gasteiger partial charge in [-0.25, -0.2) is 5.43 Å². The fraction of sp³-hybridized carbons (Fsp3) is 0.167. The summed E-state index contributed by atoms with van der Waals surface area (Å²) in [5.74, 6) is 0.853. The molecule has 0 bridgehead atoms. The Hall–Kier alpha value is -3.35. The summed E-state index contributed by atoms with van der Waals surface area (Å²) in [5, 5.41) is 6.59. The van der Waals surface area contributed by atoms with Gasteiger partial charge in [0, 0.05) is 18.2 Å². The van der Waals surface area contributed by atoms with Crippen molar-refractivity contribution in [2.45, 2.75) is 6.92 Å². The van der Waals surface area contributed by atoms with Crippen LogP contribution in [0.2, 0.25) is 0 Å². The maximum Gasteiger partial charge on any atom is 0.271 e. The monoisotopic (exact) mass is 339 g/mol. The highest BCUT2D eigenvalue weighted by Crippen LogP contribution is 2.30. The number of fused-ring (bicyclic) bond motifs is 1. The number of amides is 2. The lowest BCUT2D eigenvalue weighted by atomic mass is 10.2. The molecule has 7 nitrogen and oxygen atoms in total. The summed E-state index contributed by atoms with van der Waals surface area (Å²) in [6.45, 7) is 2.48. The van der Waals surface area contributed by atoms with Gasteiger partial charge in [0.15, 0.2) is 11.5 Å². The van der Waals surface area contributed by atoms with Crippen LogP contribution in [0.4, 0.5) is 5.69 Å². The van der Waals surface area contributed by atoms with Crippen molar-refractivity contribution < 1.29 is 19.1 Å². The van der Waals surface area contributed by atoms with E-state index in [0.717, 1.165) is 5.56 Å². The molecule has 0 saturated heterocycles. The first-order valence-electron chi connectivity index (χ1n) is 7.72. The predicted octanol–water partition coefficient (Wildman–Crippen LogP) is 2.18. The summed E-state index contributed by atoms with van der Waals surface area (Å²) in [5.41, 5.74) is 4.31. The van der Waals surface area contributed by atoms with Gasteiger partial charge < -0.3 is 14.8 Å². The first-order valence-corrected chi connectivity index (χ1v) is 7.72. The number of rotatable bonds is 4. The van der Waals surface area contributed by atoms with Crippen LogP contribution in [-0.2, 0) is 4.79 Å². The lowest BCUT2D eigenvalue weighted by Gasteiger charge is -2.18. The van der Waals surface area contributed by atoms with Gasteiger partial charge in [0.1, 0.15) is 13.2 Å². The van der Waals surface area contributed by atoms with Crippen LogP contribution in [0.1, 0.15) is 22.8 Å². The first kappa shape index (κ1) is 16.5. The molecule has 2 aromatic rings. The number of hydrogen-bond acceptors (Lipinski definition) is 5. The number of carbonyl (C=O) groups excluding carboxylic acids is 2. The van der Waals surface area contributed by atoms with Crippen LogP contribution in [-0.4, -0.2) is 31.2 Å². The van der Waals surface area contributed by atoms with E-state index in [0.29, 0.717) is 36.0 Å². The van der Waals surface area contributed by atoms with E-state index < -0.39 is 0 Å². The van der Waals surface area contributed by atoms with Gasteiger partial charge in [0.25, 0.3) is 5.91 Å². The number of ether oxygens (including phenoxy) is 2. The minimum Gasteiger partial charge on any atom is -0.486 e. The van der Waals surface area contributed by atoms with Crippen molar-refractivity contribution in [3.8, 4) is 11.5 Å². The van der Waals surface area contributed by atoms with E-state index in [1.807, 2.05) is 6.07 Å². The van der Waals surface area contributed by atoms with Crippen molar-refractivity contribution in [2.75, 3.05) is 18.5 Å². The van der Waals surface area contributed by atoms with Crippen molar-refractivity contribution in [1.82, 2.24) is 5.43 Å². The molecule has 0 fully saturated rings. The summed E-state index contributed by atoms with van der Waals surface area (Å²) in [4.78, 5) is 23.0. The fourth-order valence-electron chi connectivity index (χ4n) is 2.28. The number of carbonyl (C=O) groups is 2. The molecule has 3 rings (SSSR count). The third-order valence-electron chi connectivity index (χ3n) is 3.41. The van der Waals surface area contributed by atoms with E-state index in [1.165, 1.54) is 13.1 Å². The molecule has 2 aromatic carbocycles. The topological polar surface area (TPSA) is 89.0 Å². The van der Waals surface area contributed by atoms with E-state index in [2.05, 4.69) is 15.8 Å². The van der Waals surface area contributed by atoms with Gasteiger partial charge >= 0.3 is 0 Å². The van der Waals surface area contributed by atoms with Crippen LogP contribution >= 0.6 is 0 Å². The van der Waals surface area contributed by atoms with Crippen molar-refractivity contribution in [3.05, 3.63) is 53.6 Å². The second-order valence-electron chi connectivity index (χ2n) is 5.36. The largest absolute Gasteiger partial charge is 0.486 e. The van der Waals surface area contributed by atoms with Gasteiger partial charge in [0.05, 0.1) is 6.21 Å². The average Bonchev–Trinajstić information content (AvgIpc) is 2.61. The summed E-state index contributed by atoms with van der Waals surface area (Å²) in [6, 6.07) is 12.0. The maximum absolute atomic E-state index is 12.0. The SMILES string of the molecule is CC(=O)Nc1ccc(C(=O)NN=Cc2ccc3c(c2)OCCO3)cc1. The molecular weight excluding hydrogens is 322 g/mol. The zero-order valence-electron chi connectivity index (χ0n) is 13.6. The van der Waals surface area contributed by atoms with E-state index in [4.69, 9.17) is 9.47 Å². The molecule has 2 N–H and O–H groups in total. The number of nitrogens with zero attached hydrogens (tertiary/aromatic N) is 1. The third kappa shape index (κ3) is 4.35. The lowest BCUT2D eigenvalue weighted by molar-refractivity contribution is -0.114. The van der Waals surface area contributed by atoms with Gasteiger partial charge in [-0.15, -0.1) is 0 Å². The third-order valence-corrected chi connectivity index (χ3v) is 3.41. The van der Waals surface area contributed by atoms with E-state index in [-0.39, 0.29) is 11.8 Å². The Morgan fingerprint density at radius 1 is 1.04 bits per heavy atom. The lowest BCUT2D eigenvalue weighted by Crippen LogP contribution is -2.18. The Balaban J connectivity index is 1.60. The molecule has 2 amide bonds. The molecule has 0 aliphatic carbocycles. The molecule has 0 atom stereocenters. The number of hydrogen-bond donors (Lipinski definition) is 2. The zero-order valence-corrected chi connectivity index (χ0v) is 13.6. The molecule has 0 spiro atoms. The van der Waals surface area contributed by atoms with Gasteiger partial charge in [0.2, 0.25) is 5.91 Å². The second kappa shape index (κ2) is 7.48. The van der Waals surface area contributed by atoms with E-state index >= 15 is 0 Å². The minimum absolute atomic E-state index is 0.166. The number of anilines is 1. The summed E-state index contributed by atoms with van der Waals surface area (Å²) in [7, 11) is 0. The Kier molecular flexibility index (Phi) is 4.94. The zero-order chi connectivity index (χ0) is 17.6. The van der Waals surface area contributed by atoms with E-state index in [9.17, 15) is 9.59 Å². The van der Waals surface area contributed by atoms with Gasteiger partial charge in [-0.3, -0.25) is 9.59 Å². The quantitative estimate of drug-likeness (QED) is 0.660. The predicted molar refractivity (Wildman–Crippen MR) is 93.2 cm³/mol. The molecular formula is C18H17N3O4. The van der Waals surface area contributed by atoms with E-state index in [1.54, 1.807) is 36.4 Å². The molecule has 0 unspecified atom stereocenters. The Morgan fingerprint density at radius 2 is 1.76 bits per heavy atom. The Morgan fingerprint density at radius 3 is 2.48 bits per heavy atom. The molecule has 25 heavy (non-hydrogen) atoms. The standard InChI is InChI=1S/C18H17N3O4/c1-12(22)20-15-5-3-14(4-6-15)18(23)21-19-11-13-2-7-16-17(10-13)25-9-8-24-16/h2-7,10-11H,8-9H2,1H3,(H,20,22)(H,21,23). The van der Waals surface area contributed by atoms with Crippen molar-refractivity contribution >= 4 is 23.7 Å². The van der Waals surface area contributed by atoms with Gasteiger partial charge in [-0.1, -0.05) is 0 Å². The molecule has 1 heterocycles. The van der Waals surface area contributed by atoms with Crippen LogP contribution < -0.4 is 20.2 Å². The minimum atomic E-state index is -0.344. The van der Waals surface area contributed by atoms with Gasteiger partial charge in [-0.05, 0) is 48.0 Å². The highest BCUT2D eigenvalue weighted by atomic mass is 16.6. The molecule has 0 radical (unpaired) electrons. The summed E-state index contributed by atoms with van der Waals surface area (Å²) in [6.07, 6.45) is 1.53. The van der Waals surface area contributed by atoms with Gasteiger partial charge in [-0.2, -0.15) is 5.10 Å². The fourth-order valence-corrected chi connectivity index (χ4v) is 2.28. The highest BCUT2D eigenvalue weighted by molar-refractivity contribution is 5.96. The molecule has 1 aliphatic heterocycles. The maximum atomic E-state index is 12.0. The Bertz CT molecular complexity index is 816. The van der Waals surface area contributed by atoms with Crippen LogP contribution in [0.15, 0.2) is 47.6 Å².